The number of nitrogens with zero attached hydrogens (tertiary/aromatic N) is 3. The van der Waals surface area contributed by atoms with Gasteiger partial charge < -0.3 is 13.6 Å². The molecule has 0 fully saturated rings. The summed E-state index contributed by atoms with van der Waals surface area (Å²) in [5.74, 6) is 0.813. The molecule has 0 unspecified atom stereocenters. The van der Waals surface area contributed by atoms with Crippen molar-refractivity contribution in [2.75, 3.05) is 0 Å². The van der Waals surface area contributed by atoms with Crippen molar-refractivity contribution in [1.82, 2.24) is 15.0 Å². The van der Waals surface area contributed by atoms with Crippen molar-refractivity contribution in [3.63, 3.8) is 0 Å². The van der Waals surface area contributed by atoms with E-state index in [-0.39, 0.29) is 17.2 Å². The van der Waals surface area contributed by atoms with E-state index in [2.05, 4.69) is 15.0 Å². The minimum Gasteiger partial charge on any atom is -0.384 e. The molecule has 6 aromatic rings. The second-order valence-corrected chi connectivity index (χ2v) is 9.16. The molecular weight excluding hydrogens is 461 g/mol. The number of phosphoric acid groups is 1. The summed E-state index contributed by atoms with van der Waals surface area (Å²) in [4.78, 5) is 13.2. The largest absolute Gasteiger partial charge is 0.647 e. The van der Waals surface area contributed by atoms with Crippen LogP contribution < -0.4 is 13.6 Å². The molecule has 170 valence electrons. The van der Waals surface area contributed by atoms with E-state index in [4.69, 9.17) is 13.6 Å². The van der Waals surface area contributed by atoms with E-state index in [1.54, 1.807) is 55.0 Å². The van der Waals surface area contributed by atoms with E-state index >= 15 is 0 Å². The molecule has 0 aliphatic carbocycles. The number of pyridine rings is 3. The fraction of sp³-hybridized carbons (Fsp3) is 0. The molecule has 0 aliphatic heterocycles. The van der Waals surface area contributed by atoms with Gasteiger partial charge in [-0.2, -0.15) is 4.57 Å². The molecule has 0 bridgehead atoms. The smallest absolute Gasteiger partial charge is 0.384 e. The van der Waals surface area contributed by atoms with Crippen molar-refractivity contribution < 1.29 is 18.1 Å². The van der Waals surface area contributed by atoms with Crippen LogP contribution in [0.2, 0.25) is 0 Å². The summed E-state index contributed by atoms with van der Waals surface area (Å²) in [6, 6.07) is 27.2. The van der Waals surface area contributed by atoms with Crippen LogP contribution in [0.15, 0.2) is 110 Å². The highest BCUT2D eigenvalue weighted by Crippen LogP contribution is 2.52. The first-order valence-corrected chi connectivity index (χ1v) is 12.3. The van der Waals surface area contributed by atoms with Crippen molar-refractivity contribution in [2.24, 2.45) is 0 Å². The third-order valence-electron chi connectivity index (χ3n) is 5.42. The molecule has 6 rings (SSSR count). The Morgan fingerprint density at radius 1 is 0.457 bits per heavy atom. The van der Waals surface area contributed by atoms with E-state index in [9.17, 15) is 4.57 Å². The van der Waals surface area contributed by atoms with Gasteiger partial charge in [0.15, 0.2) is 17.2 Å². The first-order valence-electron chi connectivity index (χ1n) is 10.9. The summed E-state index contributed by atoms with van der Waals surface area (Å²) in [5.41, 5.74) is 1.61. The van der Waals surface area contributed by atoms with E-state index in [0.717, 1.165) is 16.2 Å². The third kappa shape index (κ3) is 4.14. The molecule has 3 heterocycles. The van der Waals surface area contributed by atoms with Crippen LogP contribution >= 0.6 is 7.82 Å². The summed E-state index contributed by atoms with van der Waals surface area (Å²) < 4.78 is 32.3. The molecule has 0 aliphatic rings. The molecule has 0 spiro atoms. The quantitative estimate of drug-likeness (QED) is 0.238. The molecular formula is C27H18N3O4P. The number of para-hydroxylation sites is 3. The lowest BCUT2D eigenvalue weighted by Crippen LogP contribution is -2.09. The van der Waals surface area contributed by atoms with Gasteiger partial charge in [-0.1, -0.05) is 54.6 Å². The van der Waals surface area contributed by atoms with Gasteiger partial charge in [-0.25, -0.2) is 0 Å². The first-order chi connectivity index (χ1) is 17.2. The number of fused-ring (bicyclic) bond motifs is 3. The highest BCUT2D eigenvalue weighted by atomic mass is 31.2. The highest BCUT2D eigenvalue weighted by molar-refractivity contribution is 7.49. The van der Waals surface area contributed by atoms with E-state index < -0.39 is 7.82 Å². The summed E-state index contributed by atoms with van der Waals surface area (Å²) in [6.45, 7) is 0. The van der Waals surface area contributed by atoms with E-state index in [1.165, 1.54) is 0 Å². The van der Waals surface area contributed by atoms with Gasteiger partial charge in [0.25, 0.3) is 0 Å². The SMILES string of the molecule is O=P(Oc1cccc2cccnc12)(Oc1cccc2cccnc12)Oc1cccc2cccnc12. The number of aromatic nitrogens is 3. The second kappa shape index (κ2) is 8.70. The Morgan fingerprint density at radius 2 is 0.771 bits per heavy atom. The average molecular weight is 479 g/mol. The van der Waals surface area contributed by atoms with Crippen LogP contribution in [0.3, 0.4) is 0 Å². The van der Waals surface area contributed by atoms with Gasteiger partial charge in [0.1, 0.15) is 16.6 Å². The molecule has 0 amide bonds. The van der Waals surface area contributed by atoms with Gasteiger partial charge in [0.2, 0.25) is 0 Å². The van der Waals surface area contributed by atoms with Crippen LogP contribution in [0.1, 0.15) is 0 Å². The molecule has 0 N–H and O–H groups in total. The predicted octanol–water partition coefficient (Wildman–Crippen LogP) is 6.98. The van der Waals surface area contributed by atoms with E-state index in [1.807, 2.05) is 54.6 Å². The van der Waals surface area contributed by atoms with Gasteiger partial charge in [0.05, 0.1) is 0 Å². The van der Waals surface area contributed by atoms with Crippen LogP contribution in [0.5, 0.6) is 17.2 Å². The van der Waals surface area contributed by atoms with Gasteiger partial charge in [-0.3, -0.25) is 15.0 Å². The van der Waals surface area contributed by atoms with Crippen LogP contribution in [0, 0.1) is 0 Å². The van der Waals surface area contributed by atoms with Crippen molar-refractivity contribution in [3.8, 4) is 17.2 Å². The van der Waals surface area contributed by atoms with Crippen molar-refractivity contribution in [3.05, 3.63) is 110 Å². The van der Waals surface area contributed by atoms with Gasteiger partial charge in [-0.05, 0) is 36.4 Å². The summed E-state index contributed by atoms with van der Waals surface area (Å²) in [6.07, 6.45) is 4.93. The maximum absolute atomic E-state index is 14.3. The van der Waals surface area contributed by atoms with Crippen LogP contribution in [0.4, 0.5) is 0 Å². The molecule has 0 saturated carbocycles. The molecule has 0 radical (unpaired) electrons. The molecule has 35 heavy (non-hydrogen) atoms. The van der Waals surface area contributed by atoms with Crippen molar-refractivity contribution >= 4 is 40.5 Å². The normalized spacial score (nSPS) is 11.5. The zero-order valence-corrected chi connectivity index (χ0v) is 19.2. The number of phosphoric ester groups is 1. The van der Waals surface area contributed by atoms with Gasteiger partial charge in [0, 0.05) is 34.7 Å². The fourth-order valence-corrected chi connectivity index (χ4v) is 5.14. The number of rotatable bonds is 6. The Kier molecular flexibility index (Phi) is 5.24. The van der Waals surface area contributed by atoms with Gasteiger partial charge in [-0.15, -0.1) is 0 Å². The standard InChI is InChI=1S/C27H18N3O4P/c31-35(32-22-13-1-7-19-10-4-16-28-25(19)22,33-23-14-2-8-20-11-5-17-29-26(20)23)34-24-15-3-9-21-12-6-18-30-27(21)24/h1-18H. The van der Waals surface area contributed by atoms with Crippen LogP contribution in [0.25, 0.3) is 32.7 Å². The molecule has 7 nitrogen and oxygen atoms in total. The number of hydrogen-bond acceptors (Lipinski definition) is 7. The minimum atomic E-state index is -4.32. The molecule has 0 saturated heterocycles. The monoisotopic (exact) mass is 479 g/mol. The number of hydrogen-bond donors (Lipinski definition) is 0. The molecule has 3 aromatic carbocycles. The fourth-order valence-electron chi connectivity index (χ4n) is 3.87. The topological polar surface area (TPSA) is 83.4 Å². The van der Waals surface area contributed by atoms with Crippen LogP contribution in [-0.2, 0) is 4.57 Å². The maximum atomic E-state index is 14.3. The average Bonchev–Trinajstić information content (AvgIpc) is 2.89. The lowest BCUT2D eigenvalue weighted by atomic mass is 10.2. The van der Waals surface area contributed by atoms with Crippen molar-refractivity contribution in [1.29, 1.82) is 0 Å². The Balaban J connectivity index is 1.48. The summed E-state index contributed by atoms with van der Waals surface area (Å²) in [7, 11) is -4.32. The lowest BCUT2D eigenvalue weighted by molar-refractivity contribution is 0.301. The molecule has 0 atom stereocenters. The molecule has 3 aromatic heterocycles. The number of benzene rings is 3. The lowest BCUT2D eigenvalue weighted by Gasteiger charge is -2.21. The minimum absolute atomic E-state index is 0.271. The van der Waals surface area contributed by atoms with E-state index in [0.29, 0.717) is 16.6 Å². The maximum Gasteiger partial charge on any atom is 0.647 e. The zero-order valence-electron chi connectivity index (χ0n) is 18.3. The van der Waals surface area contributed by atoms with Crippen molar-refractivity contribution in [2.45, 2.75) is 0 Å². The Labute approximate surface area is 200 Å². The Morgan fingerprint density at radius 3 is 1.11 bits per heavy atom. The third-order valence-corrected chi connectivity index (χ3v) is 6.68. The summed E-state index contributed by atoms with van der Waals surface area (Å²) in [5, 5.41) is 2.49. The Bertz CT molecular complexity index is 1520. The highest BCUT2D eigenvalue weighted by Gasteiger charge is 2.35. The first kappa shape index (κ1) is 21.1. The predicted molar refractivity (Wildman–Crippen MR) is 135 cm³/mol. The molecule has 8 heteroatoms. The zero-order chi connectivity index (χ0) is 23.7. The summed E-state index contributed by atoms with van der Waals surface area (Å²) >= 11 is 0. The van der Waals surface area contributed by atoms with Crippen LogP contribution in [-0.4, -0.2) is 15.0 Å². The Hall–Kier alpha value is -4.48. The second-order valence-electron chi connectivity index (χ2n) is 7.71. The van der Waals surface area contributed by atoms with Gasteiger partial charge >= 0.3 is 7.82 Å².